The molecule has 0 saturated heterocycles. The predicted octanol–water partition coefficient (Wildman–Crippen LogP) is 1.00. The van der Waals surface area contributed by atoms with Gasteiger partial charge in [0.05, 0.1) is 5.39 Å². The van der Waals surface area contributed by atoms with E-state index in [-0.39, 0.29) is 11.3 Å². The third kappa shape index (κ3) is 1.40. The summed E-state index contributed by atoms with van der Waals surface area (Å²) < 4.78 is 5.30. The molecule has 1 aromatic carbocycles. The molecule has 1 amide bonds. The summed E-state index contributed by atoms with van der Waals surface area (Å²) in [7, 11) is 0. The minimum atomic E-state index is -0.768. The van der Waals surface area contributed by atoms with Crippen LogP contribution in [0.2, 0.25) is 0 Å². The van der Waals surface area contributed by atoms with Crippen molar-refractivity contribution in [1.82, 2.24) is 0 Å². The topological polar surface area (TPSA) is 73.3 Å². The lowest BCUT2D eigenvalue weighted by Gasteiger charge is -2.02. The molecule has 1 heterocycles. The second-order valence-electron chi connectivity index (χ2n) is 3.15. The van der Waals surface area contributed by atoms with Crippen molar-refractivity contribution in [3.63, 3.8) is 0 Å². The summed E-state index contributed by atoms with van der Waals surface area (Å²) in [6, 6.07) is 7.47. The minimum Gasteiger partial charge on any atom is -0.460 e. The van der Waals surface area contributed by atoms with Crippen LogP contribution in [0.4, 0.5) is 0 Å². The molecule has 0 unspecified atom stereocenters. The average Bonchev–Trinajstić information content (AvgIpc) is 2.17. The number of fused-ring (bicyclic) bond motifs is 1. The van der Waals surface area contributed by atoms with E-state index >= 15 is 0 Å². The van der Waals surface area contributed by atoms with Crippen LogP contribution >= 0.6 is 0 Å². The SMILES string of the molecule is Cc1oc2c[c]ccc2c(=O)c1C(N)=O. The first kappa shape index (κ1) is 9.45. The third-order valence-electron chi connectivity index (χ3n) is 2.16. The standard InChI is InChI=1S/C11H8NO3/c1-6-9(11(12)14)10(13)7-4-2-3-5-8(7)15-6/h2,4-5H,1H3,(H2,12,14). The Morgan fingerprint density at radius 3 is 2.93 bits per heavy atom. The van der Waals surface area contributed by atoms with E-state index < -0.39 is 11.3 Å². The smallest absolute Gasteiger partial charge is 0.256 e. The van der Waals surface area contributed by atoms with Crippen LogP contribution in [0.5, 0.6) is 0 Å². The van der Waals surface area contributed by atoms with Gasteiger partial charge in [-0.05, 0) is 25.1 Å². The number of carbonyl (C=O) groups is 1. The lowest BCUT2D eigenvalue weighted by atomic mass is 10.1. The average molecular weight is 202 g/mol. The Kier molecular flexibility index (Phi) is 2.04. The fourth-order valence-corrected chi connectivity index (χ4v) is 1.48. The van der Waals surface area contributed by atoms with E-state index in [9.17, 15) is 9.59 Å². The number of benzene rings is 1. The zero-order chi connectivity index (χ0) is 11.0. The fraction of sp³-hybridized carbons (Fsp3) is 0.0909. The van der Waals surface area contributed by atoms with Crippen LogP contribution in [0.3, 0.4) is 0 Å². The van der Waals surface area contributed by atoms with Gasteiger partial charge in [0.2, 0.25) is 5.43 Å². The maximum Gasteiger partial charge on any atom is 0.256 e. The quantitative estimate of drug-likeness (QED) is 0.749. The highest BCUT2D eigenvalue weighted by Gasteiger charge is 2.15. The Labute approximate surface area is 85.3 Å². The van der Waals surface area contributed by atoms with E-state index in [0.29, 0.717) is 11.0 Å². The number of aryl methyl sites for hydroxylation is 1. The van der Waals surface area contributed by atoms with Gasteiger partial charge in [-0.25, -0.2) is 0 Å². The van der Waals surface area contributed by atoms with Gasteiger partial charge in [0.25, 0.3) is 5.91 Å². The second-order valence-corrected chi connectivity index (χ2v) is 3.15. The number of rotatable bonds is 1. The van der Waals surface area contributed by atoms with Crippen LogP contribution in [-0.2, 0) is 0 Å². The van der Waals surface area contributed by atoms with Crippen molar-refractivity contribution in [2.24, 2.45) is 5.73 Å². The Hall–Kier alpha value is -2.10. The number of nitrogens with two attached hydrogens (primary N) is 1. The Morgan fingerprint density at radius 1 is 1.53 bits per heavy atom. The van der Waals surface area contributed by atoms with E-state index in [0.717, 1.165) is 0 Å². The molecule has 1 radical (unpaired) electrons. The van der Waals surface area contributed by atoms with Crippen molar-refractivity contribution in [2.75, 3.05) is 0 Å². The van der Waals surface area contributed by atoms with E-state index in [2.05, 4.69) is 6.07 Å². The van der Waals surface area contributed by atoms with E-state index in [1.165, 1.54) is 6.92 Å². The molecule has 2 rings (SSSR count). The molecule has 0 spiro atoms. The molecule has 0 fully saturated rings. The highest BCUT2D eigenvalue weighted by Crippen LogP contribution is 2.13. The maximum atomic E-state index is 11.8. The Bertz CT molecular complexity index is 598. The molecule has 0 aliphatic heterocycles. The van der Waals surface area contributed by atoms with Crippen molar-refractivity contribution >= 4 is 16.9 Å². The van der Waals surface area contributed by atoms with E-state index in [4.69, 9.17) is 10.2 Å². The maximum absolute atomic E-state index is 11.8. The third-order valence-corrected chi connectivity index (χ3v) is 2.16. The lowest BCUT2D eigenvalue weighted by molar-refractivity contribution is 0.0996. The first-order chi connectivity index (χ1) is 7.11. The van der Waals surface area contributed by atoms with Crippen LogP contribution in [-0.4, -0.2) is 5.91 Å². The fourth-order valence-electron chi connectivity index (χ4n) is 1.48. The molecule has 0 aliphatic carbocycles. The molecule has 75 valence electrons. The molecule has 0 bridgehead atoms. The first-order valence-electron chi connectivity index (χ1n) is 4.34. The van der Waals surface area contributed by atoms with Crippen LogP contribution in [0.1, 0.15) is 16.1 Å². The van der Waals surface area contributed by atoms with Crippen LogP contribution in [0.15, 0.2) is 27.4 Å². The number of hydrogen-bond donors (Lipinski definition) is 1. The van der Waals surface area contributed by atoms with Crippen molar-refractivity contribution in [2.45, 2.75) is 6.92 Å². The van der Waals surface area contributed by atoms with Crippen LogP contribution < -0.4 is 11.2 Å². The molecule has 2 aromatic rings. The van der Waals surface area contributed by atoms with Gasteiger partial charge in [-0.15, -0.1) is 0 Å². The molecule has 2 N–H and O–H groups in total. The van der Waals surface area contributed by atoms with Crippen LogP contribution in [0.25, 0.3) is 11.0 Å². The second kappa shape index (κ2) is 3.24. The minimum absolute atomic E-state index is 0.0892. The lowest BCUT2D eigenvalue weighted by Crippen LogP contribution is -2.23. The summed E-state index contributed by atoms with van der Waals surface area (Å²) in [6.07, 6.45) is 0. The summed E-state index contributed by atoms with van der Waals surface area (Å²) >= 11 is 0. The molecule has 4 heteroatoms. The predicted molar refractivity (Wildman–Crippen MR) is 54.6 cm³/mol. The summed E-state index contributed by atoms with van der Waals surface area (Å²) in [4.78, 5) is 22.9. The van der Waals surface area contributed by atoms with Gasteiger partial charge >= 0.3 is 0 Å². The van der Waals surface area contributed by atoms with Crippen molar-refractivity contribution in [3.05, 3.63) is 45.8 Å². The zero-order valence-electron chi connectivity index (χ0n) is 8.03. The number of amides is 1. The van der Waals surface area contributed by atoms with Gasteiger partial charge in [0, 0.05) is 0 Å². The molecule has 15 heavy (non-hydrogen) atoms. The first-order valence-corrected chi connectivity index (χ1v) is 4.34. The molecule has 1 aromatic heterocycles. The van der Waals surface area contributed by atoms with Crippen molar-refractivity contribution < 1.29 is 9.21 Å². The highest BCUT2D eigenvalue weighted by atomic mass is 16.3. The summed E-state index contributed by atoms with van der Waals surface area (Å²) in [6.45, 7) is 1.54. The Morgan fingerprint density at radius 2 is 2.27 bits per heavy atom. The largest absolute Gasteiger partial charge is 0.460 e. The highest BCUT2D eigenvalue weighted by molar-refractivity contribution is 5.96. The zero-order valence-corrected chi connectivity index (χ0v) is 8.03. The number of primary amides is 1. The van der Waals surface area contributed by atoms with Gasteiger partial charge < -0.3 is 10.2 Å². The van der Waals surface area contributed by atoms with Gasteiger partial charge in [-0.2, -0.15) is 0 Å². The van der Waals surface area contributed by atoms with Gasteiger partial charge in [0.15, 0.2) is 0 Å². The molecule has 4 nitrogen and oxygen atoms in total. The molecule has 0 aliphatic rings. The van der Waals surface area contributed by atoms with Crippen molar-refractivity contribution in [3.8, 4) is 0 Å². The monoisotopic (exact) mass is 202 g/mol. The Balaban J connectivity index is 2.97. The molecular formula is C11H8NO3. The van der Waals surface area contributed by atoms with Gasteiger partial charge in [-0.3, -0.25) is 9.59 Å². The number of hydrogen-bond acceptors (Lipinski definition) is 3. The molecule has 0 saturated carbocycles. The summed E-state index contributed by atoms with van der Waals surface area (Å²) in [5.41, 5.74) is 5.02. The number of carbonyl (C=O) groups excluding carboxylic acids is 1. The normalized spacial score (nSPS) is 10.5. The molecule has 0 atom stereocenters. The van der Waals surface area contributed by atoms with E-state index in [1.54, 1.807) is 18.2 Å². The van der Waals surface area contributed by atoms with Crippen LogP contribution in [0, 0.1) is 13.0 Å². The summed E-state index contributed by atoms with van der Waals surface area (Å²) in [5, 5.41) is 0.341. The van der Waals surface area contributed by atoms with Gasteiger partial charge in [-0.1, -0.05) is 6.07 Å². The van der Waals surface area contributed by atoms with Gasteiger partial charge in [0.1, 0.15) is 16.9 Å². The van der Waals surface area contributed by atoms with Crippen molar-refractivity contribution in [1.29, 1.82) is 0 Å². The molecular weight excluding hydrogens is 194 g/mol. The van der Waals surface area contributed by atoms with E-state index in [1.807, 2.05) is 0 Å². The summed E-state index contributed by atoms with van der Waals surface area (Å²) in [5.74, 6) is -0.532.